The highest BCUT2D eigenvalue weighted by molar-refractivity contribution is 8.93. The molecule has 0 aliphatic carbocycles. The normalized spacial score (nSPS) is 14.3. The number of hydrogen-bond acceptors (Lipinski definition) is 3. The lowest BCUT2D eigenvalue weighted by atomic mass is 10.1. The Morgan fingerprint density at radius 1 is 1.30 bits per heavy atom. The minimum absolute atomic E-state index is 0. The number of aliphatic imine (C=N–C) groups is 1. The van der Waals surface area contributed by atoms with E-state index in [0.29, 0.717) is 12.5 Å². The third-order valence-electron chi connectivity index (χ3n) is 3.72. The number of ether oxygens (including phenoxy) is 1. The number of halogens is 1. The lowest BCUT2D eigenvalue weighted by Gasteiger charge is -2.13. The van der Waals surface area contributed by atoms with E-state index < -0.39 is 0 Å². The molecule has 3 N–H and O–H groups in total. The van der Waals surface area contributed by atoms with Crippen molar-refractivity contribution in [1.82, 2.24) is 10.2 Å². The Bertz CT molecular complexity index is 513. The van der Waals surface area contributed by atoms with Gasteiger partial charge in [-0.3, -0.25) is 4.79 Å². The first-order valence-corrected chi connectivity index (χ1v) is 7.63. The lowest BCUT2D eigenvalue weighted by Crippen LogP contribution is -2.35. The molecule has 6 nitrogen and oxygen atoms in total. The van der Waals surface area contributed by atoms with Crippen LogP contribution in [0.2, 0.25) is 0 Å². The van der Waals surface area contributed by atoms with E-state index in [-0.39, 0.29) is 29.4 Å². The van der Waals surface area contributed by atoms with Crippen LogP contribution in [-0.4, -0.2) is 50.1 Å². The SMILES string of the molecule is Br.COc1ccc(CCNC(N)=NCC(=O)N2CCCC2)cc1. The number of methoxy groups -OCH3 is 1. The summed E-state index contributed by atoms with van der Waals surface area (Å²) < 4.78 is 5.12. The number of carbonyl (C=O) groups excluding carboxylic acids is 1. The monoisotopic (exact) mass is 384 g/mol. The molecule has 0 radical (unpaired) electrons. The molecule has 1 amide bonds. The number of guanidine groups is 1. The van der Waals surface area contributed by atoms with Gasteiger partial charge in [0.15, 0.2) is 5.96 Å². The second-order valence-corrected chi connectivity index (χ2v) is 5.31. The summed E-state index contributed by atoms with van der Waals surface area (Å²) >= 11 is 0. The smallest absolute Gasteiger partial charge is 0.244 e. The zero-order valence-corrected chi connectivity index (χ0v) is 15.2. The highest BCUT2D eigenvalue weighted by Crippen LogP contribution is 2.11. The molecule has 7 heteroatoms. The number of carbonyl (C=O) groups is 1. The van der Waals surface area contributed by atoms with E-state index in [1.807, 2.05) is 29.2 Å². The summed E-state index contributed by atoms with van der Waals surface area (Å²) in [6.07, 6.45) is 3.01. The van der Waals surface area contributed by atoms with Crippen molar-refractivity contribution in [1.29, 1.82) is 0 Å². The first-order valence-electron chi connectivity index (χ1n) is 7.63. The molecule has 1 saturated heterocycles. The van der Waals surface area contributed by atoms with E-state index in [2.05, 4.69) is 10.3 Å². The van der Waals surface area contributed by atoms with Gasteiger partial charge < -0.3 is 20.7 Å². The van der Waals surface area contributed by atoms with E-state index >= 15 is 0 Å². The maximum atomic E-state index is 11.8. The number of nitrogens with one attached hydrogen (secondary N) is 1. The second kappa shape index (κ2) is 10.1. The predicted molar refractivity (Wildman–Crippen MR) is 97.3 cm³/mol. The largest absolute Gasteiger partial charge is 0.497 e. The Labute approximate surface area is 147 Å². The highest BCUT2D eigenvalue weighted by Gasteiger charge is 2.16. The van der Waals surface area contributed by atoms with Crippen molar-refractivity contribution < 1.29 is 9.53 Å². The van der Waals surface area contributed by atoms with Gasteiger partial charge in [-0.2, -0.15) is 0 Å². The molecule has 23 heavy (non-hydrogen) atoms. The van der Waals surface area contributed by atoms with Crippen LogP contribution in [0.25, 0.3) is 0 Å². The summed E-state index contributed by atoms with van der Waals surface area (Å²) in [7, 11) is 1.65. The van der Waals surface area contributed by atoms with Gasteiger partial charge >= 0.3 is 0 Å². The molecule has 0 bridgehead atoms. The van der Waals surface area contributed by atoms with Crippen LogP contribution >= 0.6 is 17.0 Å². The van der Waals surface area contributed by atoms with Crippen molar-refractivity contribution in [3.8, 4) is 5.75 Å². The van der Waals surface area contributed by atoms with Crippen LogP contribution < -0.4 is 15.8 Å². The summed E-state index contributed by atoms with van der Waals surface area (Å²) in [6.45, 7) is 2.50. The molecule has 0 unspecified atom stereocenters. The molecule has 0 spiro atoms. The summed E-state index contributed by atoms with van der Waals surface area (Å²) in [5.41, 5.74) is 6.97. The van der Waals surface area contributed by atoms with Gasteiger partial charge in [-0.1, -0.05) is 12.1 Å². The predicted octanol–water partition coefficient (Wildman–Crippen LogP) is 1.34. The van der Waals surface area contributed by atoms with Crippen LogP contribution in [0.3, 0.4) is 0 Å². The summed E-state index contributed by atoms with van der Waals surface area (Å²) in [6, 6.07) is 7.90. The molecule has 1 aliphatic rings. The van der Waals surface area contributed by atoms with Crippen molar-refractivity contribution in [3.63, 3.8) is 0 Å². The minimum Gasteiger partial charge on any atom is -0.497 e. The molecule has 128 valence electrons. The van der Waals surface area contributed by atoms with E-state index in [9.17, 15) is 4.79 Å². The first-order chi connectivity index (χ1) is 10.7. The van der Waals surface area contributed by atoms with Gasteiger partial charge in [0, 0.05) is 19.6 Å². The fourth-order valence-electron chi connectivity index (χ4n) is 2.40. The van der Waals surface area contributed by atoms with Gasteiger partial charge in [0.1, 0.15) is 12.3 Å². The molecule has 1 aromatic rings. The van der Waals surface area contributed by atoms with Gasteiger partial charge in [-0.25, -0.2) is 4.99 Å². The number of hydrogen-bond donors (Lipinski definition) is 2. The average Bonchev–Trinajstić information content (AvgIpc) is 3.08. The van der Waals surface area contributed by atoms with Crippen molar-refractivity contribution in [2.75, 3.05) is 33.3 Å². The Balaban J connectivity index is 0.00000264. The van der Waals surface area contributed by atoms with Crippen molar-refractivity contribution in [2.24, 2.45) is 10.7 Å². The second-order valence-electron chi connectivity index (χ2n) is 5.31. The number of rotatable bonds is 6. The van der Waals surface area contributed by atoms with Crippen LogP contribution in [0, 0.1) is 0 Å². The molecular formula is C16H25BrN4O2. The van der Waals surface area contributed by atoms with E-state index in [1.165, 1.54) is 5.56 Å². The third-order valence-corrected chi connectivity index (χ3v) is 3.72. The Morgan fingerprint density at radius 3 is 2.57 bits per heavy atom. The summed E-state index contributed by atoms with van der Waals surface area (Å²) in [5.74, 6) is 1.22. The van der Waals surface area contributed by atoms with Crippen molar-refractivity contribution in [3.05, 3.63) is 29.8 Å². The molecule has 2 rings (SSSR count). The first kappa shape index (κ1) is 19.3. The lowest BCUT2D eigenvalue weighted by molar-refractivity contribution is -0.128. The van der Waals surface area contributed by atoms with Crippen LogP contribution in [0.15, 0.2) is 29.3 Å². The maximum absolute atomic E-state index is 11.8. The van der Waals surface area contributed by atoms with Crippen LogP contribution in [-0.2, 0) is 11.2 Å². The van der Waals surface area contributed by atoms with Gasteiger partial charge in [-0.05, 0) is 37.0 Å². The van der Waals surface area contributed by atoms with E-state index in [0.717, 1.165) is 38.1 Å². The topological polar surface area (TPSA) is 80.0 Å². The number of nitrogens with zero attached hydrogens (tertiary/aromatic N) is 2. The number of amides is 1. The fraction of sp³-hybridized carbons (Fsp3) is 0.500. The summed E-state index contributed by atoms with van der Waals surface area (Å²) in [4.78, 5) is 17.8. The number of benzene rings is 1. The van der Waals surface area contributed by atoms with Crippen molar-refractivity contribution >= 4 is 28.8 Å². The molecule has 1 heterocycles. The molecule has 0 saturated carbocycles. The van der Waals surface area contributed by atoms with E-state index in [4.69, 9.17) is 10.5 Å². The van der Waals surface area contributed by atoms with Crippen molar-refractivity contribution in [2.45, 2.75) is 19.3 Å². The number of nitrogens with two attached hydrogens (primary N) is 1. The quantitative estimate of drug-likeness (QED) is 0.572. The van der Waals surface area contributed by atoms with Gasteiger partial charge in [-0.15, -0.1) is 17.0 Å². The Morgan fingerprint density at radius 2 is 1.96 bits per heavy atom. The van der Waals surface area contributed by atoms with Crippen LogP contribution in [0.1, 0.15) is 18.4 Å². The molecule has 0 atom stereocenters. The van der Waals surface area contributed by atoms with Gasteiger partial charge in [0.2, 0.25) is 5.91 Å². The number of likely N-dealkylation sites (tertiary alicyclic amines) is 1. The average molecular weight is 385 g/mol. The third kappa shape index (κ3) is 6.48. The Hall–Kier alpha value is -1.76. The Kier molecular flexibility index (Phi) is 8.47. The standard InChI is InChI=1S/C16H24N4O2.BrH/c1-22-14-6-4-13(5-7-14)8-9-18-16(17)19-12-15(21)20-10-2-3-11-20;/h4-7H,2-3,8-12H2,1H3,(H3,17,18,19);1H. The molecule has 1 aliphatic heterocycles. The molecular weight excluding hydrogens is 360 g/mol. The molecule has 1 fully saturated rings. The van der Waals surface area contributed by atoms with Gasteiger partial charge in [0.25, 0.3) is 0 Å². The minimum atomic E-state index is 0. The van der Waals surface area contributed by atoms with Crippen LogP contribution in [0.4, 0.5) is 0 Å². The highest BCUT2D eigenvalue weighted by atomic mass is 79.9. The zero-order chi connectivity index (χ0) is 15.8. The summed E-state index contributed by atoms with van der Waals surface area (Å²) in [5, 5.41) is 3.03. The maximum Gasteiger partial charge on any atom is 0.244 e. The fourth-order valence-corrected chi connectivity index (χ4v) is 2.40. The molecule has 0 aromatic heterocycles. The molecule has 1 aromatic carbocycles. The zero-order valence-electron chi connectivity index (χ0n) is 13.5. The van der Waals surface area contributed by atoms with Gasteiger partial charge in [0.05, 0.1) is 7.11 Å². The van der Waals surface area contributed by atoms with Crippen LogP contribution in [0.5, 0.6) is 5.75 Å². The van der Waals surface area contributed by atoms with E-state index in [1.54, 1.807) is 7.11 Å².